The summed E-state index contributed by atoms with van der Waals surface area (Å²) in [5, 5.41) is 11.2. The summed E-state index contributed by atoms with van der Waals surface area (Å²) >= 11 is 0. The molecule has 2 aromatic carbocycles. The van der Waals surface area contributed by atoms with Crippen molar-refractivity contribution in [1.82, 2.24) is 9.80 Å². The standard InChI is InChI=1S/C27H34N2O5/c1-6-16-33-22-9-7-8-20(17-22)24-23(26(31)27(32)29(24)15-14-28(4)5)25(30)19-10-12-21(13-11-19)34-18(2)3/h7-13,17-18,24,30H,6,14-16H2,1-5H3/b25-23+/t24-/m0/s1. The number of ether oxygens (including phenoxy) is 2. The highest BCUT2D eigenvalue weighted by atomic mass is 16.5. The average molecular weight is 467 g/mol. The van der Waals surface area contributed by atoms with E-state index in [1.54, 1.807) is 24.3 Å². The van der Waals surface area contributed by atoms with Crippen LogP contribution in [0.15, 0.2) is 54.1 Å². The molecule has 34 heavy (non-hydrogen) atoms. The Hall–Kier alpha value is -3.32. The van der Waals surface area contributed by atoms with E-state index in [0.717, 1.165) is 6.42 Å². The number of carbonyl (C=O) groups is 2. The molecule has 7 heteroatoms. The third kappa shape index (κ3) is 5.78. The first-order chi connectivity index (χ1) is 16.2. The number of likely N-dealkylation sites (tertiary alicyclic amines) is 1. The van der Waals surface area contributed by atoms with Gasteiger partial charge >= 0.3 is 0 Å². The van der Waals surface area contributed by atoms with Crippen molar-refractivity contribution < 1.29 is 24.2 Å². The lowest BCUT2D eigenvalue weighted by molar-refractivity contribution is -0.140. The highest BCUT2D eigenvalue weighted by Gasteiger charge is 2.46. The maximum absolute atomic E-state index is 13.1. The fraction of sp³-hybridized carbons (Fsp3) is 0.407. The van der Waals surface area contributed by atoms with Crippen molar-refractivity contribution in [3.05, 3.63) is 65.2 Å². The molecule has 1 heterocycles. The Kier molecular flexibility index (Phi) is 8.34. The van der Waals surface area contributed by atoms with Crippen LogP contribution in [0.3, 0.4) is 0 Å². The van der Waals surface area contributed by atoms with E-state index in [2.05, 4.69) is 0 Å². The van der Waals surface area contributed by atoms with E-state index in [1.807, 2.05) is 64.0 Å². The Morgan fingerprint density at radius 3 is 2.41 bits per heavy atom. The average Bonchev–Trinajstić information content (AvgIpc) is 3.06. The Morgan fingerprint density at radius 1 is 1.09 bits per heavy atom. The molecule has 1 fully saturated rings. The fourth-order valence-electron chi connectivity index (χ4n) is 3.88. The van der Waals surface area contributed by atoms with Crippen LogP contribution in [0.4, 0.5) is 0 Å². The van der Waals surface area contributed by atoms with Crippen LogP contribution in [0.5, 0.6) is 11.5 Å². The lowest BCUT2D eigenvalue weighted by Gasteiger charge is -2.27. The Morgan fingerprint density at radius 2 is 1.79 bits per heavy atom. The summed E-state index contributed by atoms with van der Waals surface area (Å²) in [5.74, 6) is -0.189. The number of ketones is 1. The molecule has 0 aromatic heterocycles. The van der Waals surface area contributed by atoms with E-state index in [0.29, 0.717) is 42.3 Å². The number of hydrogen-bond acceptors (Lipinski definition) is 6. The van der Waals surface area contributed by atoms with Gasteiger partial charge in [-0.25, -0.2) is 0 Å². The number of Topliss-reactive ketones (excluding diaryl/α,β-unsaturated/α-hetero) is 1. The zero-order chi connectivity index (χ0) is 24.8. The second kappa shape index (κ2) is 11.2. The molecule has 0 bridgehead atoms. The van der Waals surface area contributed by atoms with E-state index in [-0.39, 0.29) is 17.4 Å². The van der Waals surface area contributed by atoms with E-state index in [9.17, 15) is 14.7 Å². The smallest absolute Gasteiger partial charge is 0.295 e. The topological polar surface area (TPSA) is 79.3 Å². The van der Waals surface area contributed by atoms with Crippen molar-refractivity contribution in [2.75, 3.05) is 33.8 Å². The molecule has 0 radical (unpaired) electrons. The summed E-state index contributed by atoms with van der Waals surface area (Å²) in [5.41, 5.74) is 1.24. The minimum Gasteiger partial charge on any atom is -0.507 e. The van der Waals surface area contributed by atoms with Gasteiger partial charge in [-0.1, -0.05) is 19.1 Å². The minimum atomic E-state index is -0.711. The molecule has 7 nitrogen and oxygen atoms in total. The fourth-order valence-corrected chi connectivity index (χ4v) is 3.88. The quantitative estimate of drug-likeness (QED) is 0.320. The van der Waals surface area contributed by atoms with Crippen LogP contribution in [0.1, 0.15) is 44.4 Å². The molecular weight excluding hydrogens is 432 g/mol. The van der Waals surface area contributed by atoms with Gasteiger partial charge in [0.15, 0.2) is 0 Å². The minimum absolute atomic E-state index is 0.0173. The first-order valence-corrected chi connectivity index (χ1v) is 11.7. The summed E-state index contributed by atoms with van der Waals surface area (Å²) in [6, 6.07) is 13.5. The molecule has 182 valence electrons. The third-order valence-electron chi connectivity index (χ3n) is 5.47. The van der Waals surface area contributed by atoms with Gasteiger partial charge in [-0.05, 0) is 76.3 Å². The second-order valence-corrected chi connectivity index (χ2v) is 8.91. The van der Waals surface area contributed by atoms with E-state index in [4.69, 9.17) is 9.47 Å². The van der Waals surface area contributed by atoms with Crippen molar-refractivity contribution >= 4 is 17.4 Å². The lowest BCUT2D eigenvalue weighted by Crippen LogP contribution is -2.35. The van der Waals surface area contributed by atoms with Gasteiger partial charge in [-0.3, -0.25) is 9.59 Å². The number of aliphatic hydroxyl groups is 1. The molecule has 0 unspecified atom stereocenters. The van der Waals surface area contributed by atoms with Crippen molar-refractivity contribution in [3.63, 3.8) is 0 Å². The number of amides is 1. The molecule has 1 saturated heterocycles. The molecule has 3 rings (SSSR count). The highest BCUT2D eigenvalue weighted by molar-refractivity contribution is 6.46. The first-order valence-electron chi connectivity index (χ1n) is 11.7. The summed E-state index contributed by atoms with van der Waals surface area (Å²) in [6.07, 6.45) is 0.880. The number of nitrogens with zero attached hydrogens (tertiary/aromatic N) is 2. The van der Waals surface area contributed by atoms with Gasteiger partial charge in [0.1, 0.15) is 17.3 Å². The molecule has 1 N–H and O–H groups in total. The van der Waals surface area contributed by atoms with Gasteiger partial charge in [-0.2, -0.15) is 0 Å². The molecule has 1 amide bonds. The summed E-state index contributed by atoms with van der Waals surface area (Å²) in [6.45, 7) is 7.38. The number of hydrogen-bond donors (Lipinski definition) is 1. The van der Waals surface area contributed by atoms with Crippen LogP contribution in [0.25, 0.3) is 5.76 Å². The number of aliphatic hydroxyl groups excluding tert-OH is 1. The number of benzene rings is 2. The van der Waals surface area contributed by atoms with Gasteiger partial charge in [0.2, 0.25) is 0 Å². The highest BCUT2D eigenvalue weighted by Crippen LogP contribution is 2.40. The van der Waals surface area contributed by atoms with Gasteiger partial charge in [-0.15, -0.1) is 0 Å². The van der Waals surface area contributed by atoms with E-state index >= 15 is 0 Å². The number of rotatable bonds is 10. The van der Waals surface area contributed by atoms with Gasteiger partial charge < -0.3 is 24.4 Å². The van der Waals surface area contributed by atoms with Crippen LogP contribution in [0.2, 0.25) is 0 Å². The van der Waals surface area contributed by atoms with Crippen molar-refractivity contribution in [3.8, 4) is 11.5 Å². The van der Waals surface area contributed by atoms with E-state index < -0.39 is 17.7 Å². The first kappa shape index (κ1) is 25.3. The van der Waals surface area contributed by atoms with Gasteiger partial charge in [0, 0.05) is 18.7 Å². The summed E-state index contributed by atoms with van der Waals surface area (Å²) < 4.78 is 11.5. The van der Waals surface area contributed by atoms with Crippen LogP contribution in [-0.2, 0) is 9.59 Å². The van der Waals surface area contributed by atoms with Crippen molar-refractivity contribution in [2.45, 2.75) is 39.3 Å². The molecule has 2 aromatic rings. The zero-order valence-electron chi connectivity index (χ0n) is 20.6. The monoisotopic (exact) mass is 466 g/mol. The molecule has 1 aliphatic heterocycles. The maximum atomic E-state index is 13.1. The van der Waals surface area contributed by atoms with Crippen molar-refractivity contribution in [2.24, 2.45) is 0 Å². The lowest BCUT2D eigenvalue weighted by atomic mass is 9.95. The molecular formula is C27H34N2O5. The zero-order valence-corrected chi connectivity index (χ0v) is 20.6. The molecule has 0 spiro atoms. The number of likely N-dealkylation sites (N-methyl/N-ethyl adjacent to an activating group) is 1. The number of carbonyl (C=O) groups excluding carboxylic acids is 2. The third-order valence-corrected chi connectivity index (χ3v) is 5.47. The second-order valence-electron chi connectivity index (χ2n) is 8.91. The predicted octanol–water partition coefficient (Wildman–Crippen LogP) is 4.25. The predicted molar refractivity (Wildman–Crippen MR) is 132 cm³/mol. The molecule has 1 atom stereocenters. The Balaban J connectivity index is 2.07. The largest absolute Gasteiger partial charge is 0.507 e. The SMILES string of the molecule is CCCOc1cccc([C@H]2/C(=C(\O)c3ccc(OC(C)C)cc3)C(=O)C(=O)N2CCN(C)C)c1. The summed E-state index contributed by atoms with van der Waals surface area (Å²) in [7, 11) is 3.82. The molecule has 0 saturated carbocycles. The molecule has 1 aliphatic rings. The molecule has 0 aliphatic carbocycles. The van der Waals surface area contributed by atoms with E-state index in [1.165, 1.54) is 4.90 Å². The summed E-state index contributed by atoms with van der Waals surface area (Å²) in [4.78, 5) is 29.7. The maximum Gasteiger partial charge on any atom is 0.295 e. The normalized spacial score (nSPS) is 17.6. The van der Waals surface area contributed by atoms with Crippen LogP contribution in [-0.4, -0.2) is 66.5 Å². The Bertz CT molecular complexity index is 1040. The van der Waals surface area contributed by atoms with Gasteiger partial charge in [0.05, 0.1) is 24.3 Å². The Labute approximate surface area is 201 Å². The van der Waals surface area contributed by atoms with Crippen LogP contribution in [0, 0.1) is 0 Å². The van der Waals surface area contributed by atoms with Crippen LogP contribution < -0.4 is 9.47 Å². The van der Waals surface area contributed by atoms with Crippen LogP contribution >= 0.6 is 0 Å². The van der Waals surface area contributed by atoms with Crippen molar-refractivity contribution in [1.29, 1.82) is 0 Å². The van der Waals surface area contributed by atoms with Gasteiger partial charge in [0.25, 0.3) is 11.7 Å².